The van der Waals surface area contributed by atoms with Gasteiger partial charge in [0.05, 0.1) is 13.2 Å². The van der Waals surface area contributed by atoms with Gasteiger partial charge in [-0.2, -0.15) is 0 Å². The zero-order valence-corrected chi connectivity index (χ0v) is 13.3. The maximum absolute atomic E-state index is 12.3. The molecule has 5 heteroatoms. The number of methoxy groups -OCH3 is 1. The average molecular weight is 284 g/mol. The third kappa shape index (κ3) is 5.02. The molecule has 0 saturated carbocycles. The van der Waals surface area contributed by atoms with Gasteiger partial charge in [-0.05, 0) is 24.2 Å². The molecule has 5 nitrogen and oxygen atoms in total. The first kappa shape index (κ1) is 16.8. The predicted octanol–water partition coefficient (Wildman–Crippen LogP) is 2.26. The van der Waals surface area contributed by atoms with Gasteiger partial charge in [0.1, 0.15) is 0 Å². The van der Waals surface area contributed by atoms with E-state index in [1.54, 1.807) is 0 Å². The molecule has 1 fully saturated rings. The number of carbonyl (C=O) groups excluding carboxylic acids is 2. The summed E-state index contributed by atoms with van der Waals surface area (Å²) < 4.78 is 4.66. The van der Waals surface area contributed by atoms with E-state index in [0.717, 1.165) is 13.0 Å². The van der Waals surface area contributed by atoms with Gasteiger partial charge in [-0.15, -0.1) is 0 Å². The summed E-state index contributed by atoms with van der Waals surface area (Å²) >= 11 is 0. The Morgan fingerprint density at radius 2 is 1.90 bits per heavy atom. The molecule has 20 heavy (non-hydrogen) atoms. The number of hydrogen-bond donors (Lipinski definition) is 1. The molecule has 2 unspecified atom stereocenters. The number of rotatable bonds is 4. The monoisotopic (exact) mass is 284 g/mol. The molecule has 0 aromatic heterocycles. The van der Waals surface area contributed by atoms with Crippen LogP contribution in [0.3, 0.4) is 0 Å². The predicted molar refractivity (Wildman–Crippen MR) is 78.3 cm³/mol. The minimum atomic E-state index is -0.421. The molecule has 0 spiro atoms. The van der Waals surface area contributed by atoms with Gasteiger partial charge in [0.25, 0.3) is 0 Å². The van der Waals surface area contributed by atoms with E-state index in [1.165, 1.54) is 7.11 Å². The van der Waals surface area contributed by atoms with Crippen LogP contribution in [0.2, 0.25) is 0 Å². The molecule has 1 heterocycles. The number of piperidine rings is 1. The van der Waals surface area contributed by atoms with Crippen LogP contribution in [0.15, 0.2) is 0 Å². The number of ether oxygens (including phenoxy) is 1. The van der Waals surface area contributed by atoms with Crippen LogP contribution in [0.5, 0.6) is 0 Å². The summed E-state index contributed by atoms with van der Waals surface area (Å²) in [6.45, 7) is 9.80. The van der Waals surface area contributed by atoms with E-state index >= 15 is 0 Å². The van der Waals surface area contributed by atoms with Gasteiger partial charge in [0, 0.05) is 19.5 Å². The third-order valence-corrected chi connectivity index (χ3v) is 3.87. The number of alkyl carbamates (subject to hydrolysis) is 1. The zero-order chi connectivity index (χ0) is 15.3. The highest BCUT2D eigenvalue weighted by molar-refractivity contribution is 5.76. The smallest absolute Gasteiger partial charge is 0.407 e. The van der Waals surface area contributed by atoms with Crippen molar-refractivity contribution in [2.75, 3.05) is 20.2 Å². The Bertz CT molecular complexity index is 342. The highest BCUT2D eigenvalue weighted by atomic mass is 16.5. The summed E-state index contributed by atoms with van der Waals surface area (Å²) in [5, 5.41) is 2.84. The summed E-state index contributed by atoms with van der Waals surface area (Å²) in [7, 11) is 1.36. The van der Waals surface area contributed by atoms with E-state index in [-0.39, 0.29) is 11.9 Å². The fraction of sp³-hybridized carbons (Fsp3) is 0.867. The Morgan fingerprint density at radius 3 is 2.40 bits per heavy atom. The van der Waals surface area contributed by atoms with Crippen LogP contribution in [0.4, 0.5) is 4.79 Å². The molecule has 1 N–H and O–H groups in total. The maximum Gasteiger partial charge on any atom is 0.407 e. The zero-order valence-electron chi connectivity index (χ0n) is 13.3. The van der Waals surface area contributed by atoms with Crippen molar-refractivity contribution < 1.29 is 14.3 Å². The number of likely N-dealkylation sites (tertiary alicyclic amines) is 1. The highest BCUT2D eigenvalue weighted by Gasteiger charge is 2.32. The van der Waals surface area contributed by atoms with Crippen LogP contribution < -0.4 is 5.32 Å². The van der Waals surface area contributed by atoms with Crippen LogP contribution in [-0.4, -0.2) is 43.1 Å². The fourth-order valence-electron chi connectivity index (χ4n) is 2.63. The number of nitrogens with one attached hydrogen (secondary N) is 1. The lowest BCUT2D eigenvalue weighted by molar-refractivity contribution is -0.134. The van der Waals surface area contributed by atoms with E-state index in [9.17, 15) is 9.59 Å². The molecule has 1 aliphatic heterocycles. The Morgan fingerprint density at radius 1 is 1.25 bits per heavy atom. The Kier molecular flexibility index (Phi) is 6.30. The van der Waals surface area contributed by atoms with Gasteiger partial charge in [-0.1, -0.05) is 27.7 Å². The molecule has 0 bridgehead atoms. The van der Waals surface area contributed by atoms with Crippen LogP contribution in [0.25, 0.3) is 0 Å². The molecule has 0 aromatic rings. The van der Waals surface area contributed by atoms with E-state index in [2.05, 4.69) is 23.9 Å². The molecular formula is C15H28N2O3. The van der Waals surface area contributed by atoms with E-state index in [1.807, 2.05) is 18.7 Å². The lowest BCUT2D eigenvalue weighted by atomic mass is 9.85. The number of nitrogens with zero attached hydrogens (tertiary/aromatic N) is 1. The number of carbonyl (C=O) groups is 2. The molecule has 0 aliphatic carbocycles. The van der Waals surface area contributed by atoms with Crippen molar-refractivity contribution in [3.05, 3.63) is 0 Å². The maximum atomic E-state index is 12.3. The lowest BCUT2D eigenvalue weighted by Crippen LogP contribution is -2.53. The van der Waals surface area contributed by atoms with Crippen molar-refractivity contribution in [3.63, 3.8) is 0 Å². The first-order valence-corrected chi connectivity index (χ1v) is 7.45. The minimum Gasteiger partial charge on any atom is -0.453 e. The molecule has 0 radical (unpaired) electrons. The van der Waals surface area contributed by atoms with E-state index in [4.69, 9.17) is 0 Å². The van der Waals surface area contributed by atoms with Crippen molar-refractivity contribution in [2.24, 2.45) is 17.8 Å². The van der Waals surface area contributed by atoms with Gasteiger partial charge >= 0.3 is 6.09 Å². The molecule has 1 rings (SSSR count). The lowest BCUT2D eigenvalue weighted by Gasteiger charge is -2.39. The second kappa shape index (κ2) is 7.50. The van der Waals surface area contributed by atoms with Crippen molar-refractivity contribution in [3.8, 4) is 0 Å². The van der Waals surface area contributed by atoms with Crippen molar-refractivity contribution >= 4 is 12.0 Å². The average Bonchev–Trinajstić information content (AvgIpc) is 2.37. The molecule has 1 aliphatic rings. The molecule has 116 valence electrons. The molecule has 1 saturated heterocycles. The molecular weight excluding hydrogens is 256 g/mol. The van der Waals surface area contributed by atoms with Gasteiger partial charge in [0.15, 0.2) is 0 Å². The minimum absolute atomic E-state index is 0.0142. The quantitative estimate of drug-likeness (QED) is 0.861. The summed E-state index contributed by atoms with van der Waals surface area (Å²) in [5.41, 5.74) is 0. The normalized spacial score (nSPS) is 23.1. The summed E-state index contributed by atoms with van der Waals surface area (Å²) in [5.74, 6) is 1.45. The van der Waals surface area contributed by atoms with Crippen LogP contribution in [0.1, 0.15) is 40.5 Å². The molecule has 2 atom stereocenters. The molecule has 0 aromatic carbocycles. The standard InChI is InChI=1S/C15H28N2O3/c1-10(2)6-14(18)17-8-12(11(3)4)7-13(9-17)16-15(19)20-5/h10-13H,6-9H2,1-5H3,(H,16,19). The first-order chi connectivity index (χ1) is 9.33. The van der Waals surface area contributed by atoms with Gasteiger partial charge in [-0.3, -0.25) is 4.79 Å². The number of hydrogen-bond acceptors (Lipinski definition) is 3. The van der Waals surface area contributed by atoms with Crippen molar-refractivity contribution in [1.82, 2.24) is 10.2 Å². The summed E-state index contributed by atoms with van der Waals surface area (Å²) in [6, 6.07) is -0.0142. The number of amides is 2. The SMILES string of the molecule is COC(=O)NC1CC(C(C)C)CN(C(=O)CC(C)C)C1. The van der Waals surface area contributed by atoms with Gasteiger partial charge < -0.3 is 15.0 Å². The second-order valence-corrected chi connectivity index (χ2v) is 6.47. The summed E-state index contributed by atoms with van der Waals surface area (Å²) in [4.78, 5) is 25.5. The Balaban J connectivity index is 2.69. The summed E-state index contributed by atoms with van der Waals surface area (Å²) in [6.07, 6.45) is 1.05. The Hall–Kier alpha value is -1.26. The van der Waals surface area contributed by atoms with Crippen LogP contribution in [0, 0.1) is 17.8 Å². The van der Waals surface area contributed by atoms with E-state index in [0.29, 0.717) is 30.7 Å². The highest BCUT2D eigenvalue weighted by Crippen LogP contribution is 2.25. The molecule has 2 amide bonds. The van der Waals surface area contributed by atoms with Crippen molar-refractivity contribution in [2.45, 2.75) is 46.6 Å². The largest absolute Gasteiger partial charge is 0.453 e. The second-order valence-electron chi connectivity index (χ2n) is 6.47. The third-order valence-electron chi connectivity index (χ3n) is 3.87. The van der Waals surface area contributed by atoms with E-state index < -0.39 is 6.09 Å². The van der Waals surface area contributed by atoms with Crippen molar-refractivity contribution in [1.29, 1.82) is 0 Å². The topological polar surface area (TPSA) is 58.6 Å². The van der Waals surface area contributed by atoms with Gasteiger partial charge in [-0.25, -0.2) is 4.79 Å². The van der Waals surface area contributed by atoms with Crippen LogP contribution in [-0.2, 0) is 9.53 Å². The Labute approximate surface area is 122 Å². The van der Waals surface area contributed by atoms with Crippen LogP contribution >= 0.6 is 0 Å². The fourth-order valence-corrected chi connectivity index (χ4v) is 2.63. The first-order valence-electron chi connectivity index (χ1n) is 7.45. The van der Waals surface area contributed by atoms with Gasteiger partial charge in [0.2, 0.25) is 5.91 Å².